The molecule has 0 amide bonds. The molecule has 7 nitrogen and oxygen atoms in total. The van der Waals surface area contributed by atoms with Crippen molar-refractivity contribution < 1.29 is 8.42 Å². The molecule has 2 saturated carbocycles. The molecule has 8 heteroatoms. The highest BCUT2D eigenvalue weighted by Gasteiger charge is 2.41. The fourth-order valence-corrected chi connectivity index (χ4v) is 6.07. The third-order valence-electron chi connectivity index (χ3n) is 5.95. The maximum absolute atomic E-state index is 12.3. The molecule has 0 aromatic carbocycles. The molecule has 0 bridgehead atoms. The van der Waals surface area contributed by atoms with Crippen LogP contribution in [0.4, 0.5) is 0 Å². The van der Waals surface area contributed by atoms with Crippen LogP contribution >= 0.6 is 0 Å². The van der Waals surface area contributed by atoms with Gasteiger partial charge in [-0.05, 0) is 37.7 Å². The van der Waals surface area contributed by atoms with Crippen LogP contribution in [0.2, 0.25) is 0 Å². The van der Waals surface area contributed by atoms with Gasteiger partial charge in [0.2, 0.25) is 10.0 Å². The Bertz CT molecular complexity index is 1070. The fraction of sp³-hybridized carbons (Fsp3) is 0.556. The molecule has 3 heterocycles. The lowest BCUT2D eigenvalue weighted by Crippen LogP contribution is -2.35. The quantitative estimate of drug-likeness (QED) is 0.719. The van der Waals surface area contributed by atoms with Crippen molar-refractivity contribution in [3.63, 3.8) is 0 Å². The fourth-order valence-electron chi connectivity index (χ4n) is 4.47. The predicted molar refractivity (Wildman–Crippen MR) is 100 cm³/mol. The normalized spacial score (nSPS) is 26.9. The lowest BCUT2D eigenvalue weighted by Gasteiger charge is -2.20. The van der Waals surface area contributed by atoms with Crippen LogP contribution in [0.5, 0.6) is 0 Å². The molecule has 3 aromatic heterocycles. The van der Waals surface area contributed by atoms with Gasteiger partial charge in [0.1, 0.15) is 11.2 Å². The van der Waals surface area contributed by atoms with E-state index >= 15 is 0 Å². The van der Waals surface area contributed by atoms with Crippen LogP contribution in [0, 0.1) is 5.92 Å². The maximum atomic E-state index is 12.3. The number of nitrogens with one attached hydrogen (secondary N) is 2. The molecule has 0 unspecified atom stereocenters. The van der Waals surface area contributed by atoms with E-state index in [2.05, 4.69) is 31.2 Å². The first-order chi connectivity index (χ1) is 12.6. The molecular formula is C18H23N5O2S. The van der Waals surface area contributed by atoms with Gasteiger partial charge in [-0.2, -0.15) is 0 Å². The second-order valence-electron chi connectivity index (χ2n) is 7.65. The predicted octanol–water partition coefficient (Wildman–Crippen LogP) is 2.72. The van der Waals surface area contributed by atoms with Crippen LogP contribution in [0.25, 0.3) is 22.1 Å². The number of imidazole rings is 1. The maximum Gasteiger partial charge on any atom is 0.214 e. The van der Waals surface area contributed by atoms with E-state index in [-0.39, 0.29) is 17.3 Å². The van der Waals surface area contributed by atoms with Crippen LogP contribution in [0.1, 0.15) is 45.1 Å². The summed E-state index contributed by atoms with van der Waals surface area (Å²) in [6.45, 7) is 2.18. The van der Waals surface area contributed by atoms with E-state index in [9.17, 15) is 8.42 Å². The minimum absolute atomic E-state index is 0.0107. The van der Waals surface area contributed by atoms with Gasteiger partial charge in [0.15, 0.2) is 0 Å². The van der Waals surface area contributed by atoms with Gasteiger partial charge in [0.25, 0.3) is 0 Å². The summed E-state index contributed by atoms with van der Waals surface area (Å²) in [6.07, 6.45) is 9.90. The Balaban J connectivity index is 1.50. The number of nitrogens with zero attached hydrogens (tertiary/aromatic N) is 3. The summed E-state index contributed by atoms with van der Waals surface area (Å²) < 4.78 is 29.9. The number of H-pyrrole nitrogens is 1. The topological polar surface area (TPSA) is 92.7 Å². The van der Waals surface area contributed by atoms with E-state index in [4.69, 9.17) is 0 Å². The SMILES string of the molecule is CC[C@@H]1C[C@H](NS(=O)(=O)C2CC2)C[C@@H]1n1cnc2cnc3[nH]ccc3c21. The number of sulfonamides is 1. The van der Waals surface area contributed by atoms with E-state index < -0.39 is 10.0 Å². The van der Waals surface area contributed by atoms with Crippen LogP contribution in [-0.2, 0) is 10.0 Å². The molecule has 3 aromatic rings. The van der Waals surface area contributed by atoms with E-state index in [0.717, 1.165) is 54.2 Å². The van der Waals surface area contributed by atoms with Crippen LogP contribution < -0.4 is 4.72 Å². The smallest absolute Gasteiger partial charge is 0.214 e. The molecular weight excluding hydrogens is 350 g/mol. The zero-order chi connectivity index (χ0) is 17.9. The molecule has 138 valence electrons. The Morgan fingerprint density at radius 3 is 2.92 bits per heavy atom. The number of fused-ring (bicyclic) bond motifs is 3. The second kappa shape index (κ2) is 5.79. The van der Waals surface area contributed by atoms with E-state index in [1.54, 1.807) is 6.20 Å². The van der Waals surface area contributed by atoms with Crippen molar-refractivity contribution >= 4 is 32.1 Å². The van der Waals surface area contributed by atoms with Crippen LogP contribution in [-0.4, -0.2) is 39.2 Å². The van der Waals surface area contributed by atoms with E-state index in [1.165, 1.54) is 0 Å². The van der Waals surface area contributed by atoms with Crippen molar-refractivity contribution in [2.24, 2.45) is 5.92 Å². The summed E-state index contributed by atoms with van der Waals surface area (Å²) in [5.41, 5.74) is 2.83. The van der Waals surface area contributed by atoms with Crippen LogP contribution in [0.15, 0.2) is 24.8 Å². The molecule has 26 heavy (non-hydrogen) atoms. The third-order valence-corrected chi connectivity index (χ3v) is 7.96. The number of rotatable bonds is 5. The highest BCUT2D eigenvalue weighted by atomic mass is 32.2. The van der Waals surface area contributed by atoms with Crippen molar-refractivity contribution in [3.8, 4) is 0 Å². The van der Waals surface area contributed by atoms with Gasteiger partial charge in [-0.3, -0.25) is 0 Å². The van der Waals surface area contributed by atoms with Gasteiger partial charge in [-0.1, -0.05) is 13.3 Å². The largest absolute Gasteiger partial charge is 0.346 e. The summed E-state index contributed by atoms with van der Waals surface area (Å²) in [6, 6.07) is 2.29. The molecule has 2 aliphatic rings. The molecule has 0 radical (unpaired) electrons. The van der Waals surface area contributed by atoms with Gasteiger partial charge in [0, 0.05) is 23.7 Å². The van der Waals surface area contributed by atoms with Crippen molar-refractivity contribution in [3.05, 3.63) is 24.8 Å². The average Bonchev–Trinajstić information content (AvgIpc) is 3.06. The molecule has 2 aliphatic carbocycles. The molecule has 5 rings (SSSR count). The Kier molecular flexibility index (Phi) is 3.62. The minimum Gasteiger partial charge on any atom is -0.346 e. The Labute approximate surface area is 152 Å². The number of aromatic nitrogens is 4. The number of hydrogen-bond acceptors (Lipinski definition) is 4. The van der Waals surface area contributed by atoms with Gasteiger partial charge >= 0.3 is 0 Å². The summed E-state index contributed by atoms with van der Waals surface area (Å²) >= 11 is 0. The first-order valence-corrected chi connectivity index (χ1v) is 10.9. The van der Waals surface area contributed by atoms with Gasteiger partial charge in [-0.15, -0.1) is 0 Å². The Hall–Kier alpha value is -1.93. The van der Waals surface area contributed by atoms with Crippen molar-refractivity contribution in [2.45, 2.75) is 56.4 Å². The monoisotopic (exact) mass is 373 g/mol. The van der Waals surface area contributed by atoms with E-state index in [1.807, 2.05) is 18.6 Å². The zero-order valence-corrected chi connectivity index (χ0v) is 15.5. The number of hydrogen-bond donors (Lipinski definition) is 2. The molecule has 0 saturated heterocycles. The first-order valence-electron chi connectivity index (χ1n) is 9.36. The first kappa shape index (κ1) is 16.3. The Morgan fingerprint density at radius 2 is 2.15 bits per heavy atom. The van der Waals surface area contributed by atoms with E-state index in [0.29, 0.717) is 5.92 Å². The highest BCUT2D eigenvalue weighted by molar-refractivity contribution is 7.90. The standard InChI is InChI=1S/C18H23N5O2S/c1-2-11-7-12(22-26(24,25)13-3-4-13)8-16(11)23-10-21-15-9-20-18-14(17(15)23)5-6-19-18/h5-6,9-13,16,22H,2-4,7-8H2,1H3,(H,19,20)/t11-,12+,16+/m1/s1. The summed E-state index contributed by atoms with van der Waals surface area (Å²) in [4.78, 5) is 12.1. The van der Waals surface area contributed by atoms with Crippen molar-refractivity contribution in [1.82, 2.24) is 24.2 Å². The third kappa shape index (κ3) is 2.54. The summed E-state index contributed by atoms with van der Waals surface area (Å²) in [5.74, 6) is 0.432. The lowest BCUT2D eigenvalue weighted by molar-refractivity contribution is 0.377. The summed E-state index contributed by atoms with van der Waals surface area (Å²) in [7, 11) is -3.15. The molecule has 0 aliphatic heterocycles. The molecule has 0 spiro atoms. The molecule has 2 fully saturated rings. The van der Waals surface area contributed by atoms with Crippen molar-refractivity contribution in [2.75, 3.05) is 0 Å². The number of aromatic amines is 1. The van der Waals surface area contributed by atoms with Gasteiger partial charge < -0.3 is 9.55 Å². The molecule has 2 N–H and O–H groups in total. The number of pyridine rings is 1. The minimum atomic E-state index is -3.15. The van der Waals surface area contributed by atoms with Crippen LogP contribution in [0.3, 0.4) is 0 Å². The highest BCUT2D eigenvalue weighted by Crippen LogP contribution is 2.41. The summed E-state index contributed by atoms with van der Waals surface area (Å²) in [5, 5.41) is 0.901. The van der Waals surface area contributed by atoms with Gasteiger partial charge in [-0.25, -0.2) is 23.1 Å². The van der Waals surface area contributed by atoms with Gasteiger partial charge in [0.05, 0.1) is 23.3 Å². The van der Waals surface area contributed by atoms with Crippen molar-refractivity contribution in [1.29, 1.82) is 0 Å². The Morgan fingerprint density at radius 1 is 1.31 bits per heavy atom. The molecule has 3 atom stereocenters. The lowest BCUT2D eigenvalue weighted by atomic mass is 10.0. The second-order valence-corrected chi connectivity index (χ2v) is 9.64. The zero-order valence-electron chi connectivity index (χ0n) is 14.7. The average molecular weight is 373 g/mol.